The van der Waals surface area contributed by atoms with Gasteiger partial charge in [0.1, 0.15) is 0 Å². The van der Waals surface area contributed by atoms with Crippen LogP contribution in [0.4, 0.5) is 11.4 Å². The van der Waals surface area contributed by atoms with E-state index < -0.39 is 10.0 Å². The van der Waals surface area contributed by atoms with Crippen molar-refractivity contribution in [1.29, 1.82) is 0 Å². The fourth-order valence-corrected chi connectivity index (χ4v) is 5.05. The minimum absolute atomic E-state index is 0.0157. The maximum Gasteiger partial charge on any atom is 0.268 e. The molecule has 5 nitrogen and oxygen atoms in total. The van der Waals surface area contributed by atoms with Crippen molar-refractivity contribution in [2.45, 2.75) is 24.7 Å². The third kappa shape index (κ3) is 3.55. The zero-order chi connectivity index (χ0) is 19.7. The molecule has 0 radical (unpaired) electrons. The van der Waals surface area contributed by atoms with Crippen molar-refractivity contribution in [2.75, 3.05) is 16.2 Å². The molecule has 3 aromatic rings. The highest BCUT2D eigenvalue weighted by Gasteiger charge is 2.26. The molecule has 1 aliphatic heterocycles. The van der Waals surface area contributed by atoms with Crippen molar-refractivity contribution >= 4 is 38.6 Å². The first-order valence-corrected chi connectivity index (χ1v) is 11.4. The number of nitrogens with one attached hydrogen (secondary N) is 1. The van der Waals surface area contributed by atoms with Crippen LogP contribution in [0.25, 0.3) is 0 Å². The summed E-state index contributed by atoms with van der Waals surface area (Å²) in [5.74, 6) is -0.0157. The lowest BCUT2D eigenvalue weighted by Crippen LogP contribution is -2.28. The van der Waals surface area contributed by atoms with Gasteiger partial charge in [-0.15, -0.1) is 11.3 Å². The van der Waals surface area contributed by atoms with Gasteiger partial charge in [0.2, 0.25) is 0 Å². The van der Waals surface area contributed by atoms with Gasteiger partial charge in [0.15, 0.2) is 0 Å². The van der Waals surface area contributed by atoms with Crippen LogP contribution in [0, 0.1) is 0 Å². The van der Waals surface area contributed by atoms with Gasteiger partial charge in [0.05, 0.1) is 9.77 Å². The van der Waals surface area contributed by atoms with E-state index >= 15 is 0 Å². The minimum Gasteiger partial charge on any atom is -0.307 e. The zero-order valence-corrected chi connectivity index (χ0v) is 17.0. The van der Waals surface area contributed by atoms with Crippen molar-refractivity contribution in [3.63, 3.8) is 0 Å². The third-order valence-corrected chi connectivity index (χ3v) is 7.10. The van der Waals surface area contributed by atoms with Crippen molar-refractivity contribution < 1.29 is 13.2 Å². The summed E-state index contributed by atoms with van der Waals surface area (Å²) in [6, 6.07) is 15.9. The Hall–Kier alpha value is -2.64. The number of amides is 1. The van der Waals surface area contributed by atoms with Gasteiger partial charge >= 0.3 is 0 Å². The van der Waals surface area contributed by atoms with Crippen molar-refractivity contribution in [1.82, 2.24) is 0 Å². The molecule has 4 rings (SSSR count). The average molecular weight is 413 g/mol. The maximum atomic E-state index is 12.7. The number of carbonyl (C=O) groups is 1. The number of benzene rings is 2. The number of aryl methyl sites for hydroxylation is 1. The molecule has 0 bridgehead atoms. The molecule has 7 heteroatoms. The first-order valence-electron chi connectivity index (χ1n) is 9.08. The summed E-state index contributed by atoms with van der Waals surface area (Å²) < 4.78 is 28.0. The second-order valence-electron chi connectivity index (χ2n) is 6.63. The van der Waals surface area contributed by atoms with E-state index in [-0.39, 0.29) is 10.8 Å². The van der Waals surface area contributed by atoms with E-state index in [1.807, 2.05) is 48.7 Å². The molecular formula is C21H20N2O3S2. The molecule has 28 heavy (non-hydrogen) atoms. The average Bonchev–Trinajstić information content (AvgIpc) is 3.37. The number of hydrogen-bond donors (Lipinski definition) is 1. The number of fused-ring (bicyclic) bond motifs is 1. The molecule has 2 heterocycles. The minimum atomic E-state index is -3.65. The summed E-state index contributed by atoms with van der Waals surface area (Å²) in [6.07, 6.45) is 1.56. The van der Waals surface area contributed by atoms with Gasteiger partial charge in [0.25, 0.3) is 15.9 Å². The summed E-state index contributed by atoms with van der Waals surface area (Å²) in [6.45, 7) is 2.62. The molecule has 0 unspecified atom stereocenters. The standard InChI is InChI=1S/C21H20N2O3S2/c1-2-15-5-8-18(9-6-15)28(25,26)22-17-7-10-19-16(14-17)11-12-23(19)21(24)20-4-3-13-27-20/h3-10,13-14,22H,2,11-12H2,1H3. The van der Waals surface area contributed by atoms with Crippen LogP contribution in [-0.4, -0.2) is 20.9 Å². The molecule has 1 aliphatic rings. The summed E-state index contributed by atoms with van der Waals surface area (Å²) in [7, 11) is -3.65. The van der Waals surface area contributed by atoms with Gasteiger partial charge in [-0.05, 0) is 65.7 Å². The van der Waals surface area contributed by atoms with Gasteiger partial charge in [-0.1, -0.05) is 25.1 Å². The van der Waals surface area contributed by atoms with E-state index in [9.17, 15) is 13.2 Å². The molecule has 0 saturated carbocycles. The van der Waals surface area contributed by atoms with Crippen LogP contribution < -0.4 is 9.62 Å². The Bertz CT molecular complexity index is 1110. The summed E-state index contributed by atoms with van der Waals surface area (Å²) in [5, 5.41) is 1.88. The van der Waals surface area contributed by atoms with Crippen LogP contribution in [0.5, 0.6) is 0 Å². The normalized spacial score (nSPS) is 13.4. The van der Waals surface area contributed by atoms with Crippen LogP contribution >= 0.6 is 11.3 Å². The van der Waals surface area contributed by atoms with Crippen LogP contribution in [-0.2, 0) is 22.9 Å². The number of sulfonamides is 1. The smallest absolute Gasteiger partial charge is 0.268 e. The first-order chi connectivity index (χ1) is 13.5. The lowest BCUT2D eigenvalue weighted by molar-refractivity contribution is 0.0993. The highest BCUT2D eigenvalue weighted by atomic mass is 32.2. The van der Waals surface area contributed by atoms with Crippen LogP contribution in [0.1, 0.15) is 27.7 Å². The van der Waals surface area contributed by atoms with E-state index in [1.54, 1.807) is 23.1 Å². The van der Waals surface area contributed by atoms with E-state index in [0.717, 1.165) is 23.2 Å². The quantitative estimate of drug-likeness (QED) is 0.679. The molecule has 0 spiro atoms. The molecule has 0 aliphatic carbocycles. The summed E-state index contributed by atoms with van der Waals surface area (Å²) in [4.78, 5) is 15.3. The highest BCUT2D eigenvalue weighted by molar-refractivity contribution is 7.92. The highest BCUT2D eigenvalue weighted by Crippen LogP contribution is 2.32. The molecular weight excluding hydrogens is 392 g/mol. The van der Waals surface area contributed by atoms with E-state index in [1.165, 1.54) is 11.3 Å². The predicted molar refractivity (Wildman–Crippen MR) is 113 cm³/mol. The number of nitrogens with zero attached hydrogens (tertiary/aromatic N) is 1. The SMILES string of the molecule is CCc1ccc(S(=O)(=O)Nc2ccc3c(c2)CCN3C(=O)c2cccs2)cc1. The number of carbonyl (C=O) groups excluding carboxylic acids is 1. The molecule has 1 amide bonds. The Labute approximate surface area is 168 Å². The molecule has 2 aromatic carbocycles. The number of rotatable bonds is 5. The van der Waals surface area contributed by atoms with Gasteiger partial charge < -0.3 is 4.90 Å². The molecule has 0 atom stereocenters. The Morgan fingerprint density at radius 3 is 2.61 bits per heavy atom. The molecule has 1 aromatic heterocycles. The Kier molecular flexibility index (Phi) is 4.95. The zero-order valence-electron chi connectivity index (χ0n) is 15.4. The number of hydrogen-bond acceptors (Lipinski definition) is 4. The van der Waals surface area contributed by atoms with Gasteiger partial charge in [-0.3, -0.25) is 9.52 Å². The second-order valence-corrected chi connectivity index (χ2v) is 9.26. The van der Waals surface area contributed by atoms with E-state index in [2.05, 4.69) is 4.72 Å². The van der Waals surface area contributed by atoms with E-state index in [0.29, 0.717) is 23.5 Å². The lowest BCUT2D eigenvalue weighted by atomic mass is 10.1. The molecule has 0 fully saturated rings. The third-order valence-electron chi connectivity index (χ3n) is 4.85. The fraction of sp³-hybridized carbons (Fsp3) is 0.190. The van der Waals surface area contributed by atoms with Gasteiger partial charge in [-0.25, -0.2) is 8.42 Å². The first kappa shape index (κ1) is 18.7. The van der Waals surface area contributed by atoms with Crippen molar-refractivity contribution in [3.8, 4) is 0 Å². The van der Waals surface area contributed by atoms with Crippen LogP contribution in [0.3, 0.4) is 0 Å². The van der Waals surface area contributed by atoms with Crippen molar-refractivity contribution in [2.24, 2.45) is 0 Å². The van der Waals surface area contributed by atoms with Crippen LogP contribution in [0.15, 0.2) is 64.9 Å². The number of thiophene rings is 1. The molecule has 1 N–H and O–H groups in total. The molecule has 0 saturated heterocycles. The largest absolute Gasteiger partial charge is 0.307 e. The van der Waals surface area contributed by atoms with Gasteiger partial charge in [-0.2, -0.15) is 0 Å². The summed E-state index contributed by atoms with van der Waals surface area (Å²) >= 11 is 1.42. The fourth-order valence-electron chi connectivity index (χ4n) is 3.33. The lowest BCUT2D eigenvalue weighted by Gasteiger charge is -2.17. The maximum absolute atomic E-state index is 12.7. The van der Waals surface area contributed by atoms with Crippen molar-refractivity contribution in [3.05, 3.63) is 76.0 Å². The predicted octanol–water partition coefficient (Wildman–Crippen LogP) is 4.31. The topological polar surface area (TPSA) is 66.5 Å². The second kappa shape index (κ2) is 7.41. The van der Waals surface area contributed by atoms with Gasteiger partial charge in [0, 0.05) is 17.9 Å². The Morgan fingerprint density at radius 2 is 1.93 bits per heavy atom. The summed E-state index contributed by atoms with van der Waals surface area (Å²) in [5.41, 5.74) is 3.40. The Morgan fingerprint density at radius 1 is 1.14 bits per heavy atom. The number of anilines is 2. The monoisotopic (exact) mass is 412 g/mol. The van der Waals surface area contributed by atoms with Crippen LogP contribution in [0.2, 0.25) is 0 Å². The van der Waals surface area contributed by atoms with E-state index in [4.69, 9.17) is 0 Å². The molecule has 144 valence electrons. The Balaban J connectivity index is 1.55.